The second kappa shape index (κ2) is 7.74. The van der Waals surface area contributed by atoms with Crippen molar-refractivity contribution < 1.29 is 14.3 Å². The molecule has 4 nitrogen and oxygen atoms in total. The van der Waals surface area contributed by atoms with Crippen LogP contribution in [0.15, 0.2) is 48.5 Å². The van der Waals surface area contributed by atoms with Gasteiger partial charge in [-0.3, -0.25) is 4.79 Å². The molecule has 0 fully saturated rings. The van der Waals surface area contributed by atoms with Crippen LogP contribution in [0.1, 0.15) is 31.0 Å². The van der Waals surface area contributed by atoms with Gasteiger partial charge < -0.3 is 15.3 Å². The topological polar surface area (TPSA) is 52.6 Å². The van der Waals surface area contributed by atoms with E-state index in [1.54, 1.807) is 24.1 Å². The zero-order valence-corrected chi connectivity index (χ0v) is 15.9. The Morgan fingerprint density at radius 2 is 1.88 bits per heavy atom. The fourth-order valence-corrected chi connectivity index (χ4v) is 3.57. The minimum Gasteiger partial charge on any atom is -0.389 e. The van der Waals surface area contributed by atoms with Crippen molar-refractivity contribution in [3.63, 3.8) is 0 Å². The SMILES string of the molecule is CNC[C@H](O)[C@H](c1cccc(F)c1)N1C(=O)C(C)(C)c2ccccc21.Cl. The van der Waals surface area contributed by atoms with Gasteiger partial charge >= 0.3 is 0 Å². The summed E-state index contributed by atoms with van der Waals surface area (Å²) in [4.78, 5) is 14.8. The number of hydrogen-bond acceptors (Lipinski definition) is 3. The Balaban J connectivity index is 0.00000243. The summed E-state index contributed by atoms with van der Waals surface area (Å²) in [6, 6.07) is 13.0. The van der Waals surface area contributed by atoms with Gasteiger partial charge in [-0.05, 0) is 50.2 Å². The number of halogens is 2. The van der Waals surface area contributed by atoms with Gasteiger partial charge in [-0.15, -0.1) is 12.4 Å². The Bertz CT molecular complexity index is 797. The number of nitrogens with zero attached hydrogens (tertiary/aromatic N) is 1. The van der Waals surface area contributed by atoms with E-state index in [0.717, 1.165) is 11.3 Å². The number of carbonyl (C=O) groups excluding carboxylic acids is 1. The van der Waals surface area contributed by atoms with E-state index < -0.39 is 23.4 Å². The average molecular weight is 379 g/mol. The highest BCUT2D eigenvalue weighted by Crippen LogP contribution is 2.46. The lowest BCUT2D eigenvalue weighted by Gasteiger charge is -2.33. The molecule has 2 atom stereocenters. The molecular weight excluding hydrogens is 355 g/mol. The van der Waals surface area contributed by atoms with E-state index in [2.05, 4.69) is 5.32 Å². The lowest BCUT2D eigenvalue weighted by atomic mass is 9.86. The second-order valence-electron chi connectivity index (χ2n) is 6.94. The first-order valence-corrected chi connectivity index (χ1v) is 8.39. The van der Waals surface area contributed by atoms with Crippen molar-refractivity contribution in [2.45, 2.75) is 31.4 Å². The monoisotopic (exact) mass is 378 g/mol. The maximum Gasteiger partial charge on any atom is 0.237 e. The largest absolute Gasteiger partial charge is 0.389 e. The van der Waals surface area contributed by atoms with E-state index in [1.165, 1.54) is 12.1 Å². The third-order valence-electron chi connectivity index (χ3n) is 4.84. The molecule has 2 aromatic carbocycles. The Kier molecular flexibility index (Phi) is 6.06. The third-order valence-corrected chi connectivity index (χ3v) is 4.84. The first-order valence-electron chi connectivity index (χ1n) is 8.39. The zero-order chi connectivity index (χ0) is 18.2. The smallest absolute Gasteiger partial charge is 0.237 e. The van der Waals surface area contributed by atoms with Gasteiger partial charge in [0.15, 0.2) is 0 Å². The van der Waals surface area contributed by atoms with Gasteiger partial charge in [0.2, 0.25) is 5.91 Å². The summed E-state index contributed by atoms with van der Waals surface area (Å²) in [5.41, 5.74) is 1.56. The van der Waals surface area contributed by atoms with E-state index in [4.69, 9.17) is 0 Å². The van der Waals surface area contributed by atoms with Crippen LogP contribution in [0.4, 0.5) is 10.1 Å². The molecule has 3 rings (SSSR count). The van der Waals surface area contributed by atoms with E-state index >= 15 is 0 Å². The molecule has 0 saturated carbocycles. The number of benzene rings is 2. The number of para-hydroxylation sites is 1. The van der Waals surface area contributed by atoms with Gasteiger partial charge in [0, 0.05) is 12.2 Å². The summed E-state index contributed by atoms with van der Waals surface area (Å²) in [5.74, 6) is -0.489. The number of anilines is 1. The summed E-state index contributed by atoms with van der Waals surface area (Å²) in [7, 11) is 1.73. The number of aliphatic hydroxyl groups excluding tert-OH is 1. The number of fused-ring (bicyclic) bond motifs is 1. The molecule has 26 heavy (non-hydrogen) atoms. The number of aliphatic hydroxyl groups is 1. The van der Waals surface area contributed by atoms with Crippen LogP contribution in [0.25, 0.3) is 0 Å². The quantitative estimate of drug-likeness (QED) is 0.840. The molecule has 0 saturated heterocycles. The normalized spacial score (nSPS) is 17.4. The Morgan fingerprint density at radius 3 is 2.54 bits per heavy atom. The fraction of sp³-hybridized carbons (Fsp3) is 0.350. The Hall–Kier alpha value is -1.95. The molecule has 1 aliphatic rings. The number of nitrogens with one attached hydrogen (secondary N) is 1. The zero-order valence-electron chi connectivity index (χ0n) is 15.1. The number of carbonyl (C=O) groups is 1. The minimum absolute atomic E-state index is 0. The molecule has 2 aromatic rings. The van der Waals surface area contributed by atoms with E-state index in [1.807, 2.05) is 38.1 Å². The van der Waals surface area contributed by atoms with E-state index in [9.17, 15) is 14.3 Å². The van der Waals surface area contributed by atoms with Crippen LogP contribution in [0, 0.1) is 5.82 Å². The molecule has 2 N–H and O–H groups in total. The van der Waals surface area contributed by atoms with Crippen molar-refractivity contribution in [3.05, 3.63) is 65.5 Å². The van der Waals surface area contributed by atoms with Crippen LogP contribution >= 0.6 is 12.4 Å². The lowest BCUT2D eigenvalue weighted by Crippen LogP contribution is -2.45. The van der Waals surface area contributed by atoms with E-state index in [-0.39, 0.29) is 24.9 Å². The van der Waals surface area contributed by atoms with Crippen molar-refractivity contribution in [3.8, 4) is 0 Å². The van der Waals surface area contributed by atoms with Gasteiger partial charge in [-0.2, -0.15) is 0 Å². The second-order valence-corrected chi connectivity index (χ2v) is 6.94. The summed E-state index contributed by atoms with van der Waals surface area (Å²) >= 11 is 0. The number of rotatable bonds is 5. The molecule has 0 aliphatic carbocycles. The summed E-state index contributed by atoms with van der Waals surface area (Å²) < 4.78 is 13.8. The summed E-state index contributed by atoms with van der Waals surface area (Å²) in [6.07, 6.45) is -0.877. The number of likely N-dealkylation sites (N-methyl/N-ethyl adjacent to an activating group) is 1. The van der Waals surface area contributed by atoms with E-state index in [0.29, 0.717) is 5.56 Å². The molecule has 0 unspecified atom stereocenters. The third kappa shape index (κ3) is 3.34. The van der Waals surface area contributed by atoms with Crippen LogP contribution in [-0.2, 0) is 10.2 Å². The molecular formula is C20H24ClFN2O2. The maximum absolute atomic E-state index is 13.8. The highest BCUT2D eigenvalue weighted by atomic mass is 35.5. The molecule has 6 heteroatoms. The molecule has 140 valence electrons. The highest BCUT2D eigenvalue weighted by molar-refractivity contribution is 6.08. The Morgan fingerprint density at radius 1 is 1.19 bits per heavy atom. The van der Waals surface area contributed by atoms with Crippen molar-refractivity contribution in [1.29, 1.82) is 0 Å². The number of amides is 1. The van der Waals surface area contributed by atoms with Gasteiger partial charge in [-0.1, -0.05) is 30.3 Å². The summed E-state index contributed by atoms with van der Waals surface area (Å²) in [5, 5.41) is 13.7. The fourth-order valence-electron chi connectivity index (χ4n) is 3.57. The van der Waals surface area contributed by atoms with Crippen LogP contribution in [0.2, 0.25) is 0 Å². The van der Waals surface area contributed by atoms with Crippen LogP contribution in [-0.4, -0.2) is 30.7 Å². The van der Waals surface area contributed by atoms with Gasteiger partial charge in [0.25, 0.3) is 0 Å². The van der Waals surface area contributed by atoms with Crippen molar-refractivity contribution in [1.82, 2.24) is 5.32 Å². The first kappa shape index (κ1) is 20.4. The van der Waals surface area contributed by atoms with Gasteiger partial charge in [0.05, 0.1) is 17.6 Å². The molecule has 0 aromatic heterocycles. The Labute approximate surface area is 159 Å². The average Bonchev–Trinajstić information content (AvgIpc) is 2.77. The molecule has 0 bridgehead atoms. The summed E-state index contributed by atoms with van der Waals surface area (Å²) in [6.45, 7) is 4.04. The minimum atomic E-state index is -0.877. The maximum atomic E-state index is 13.8. The molecule has 1 aliphatic heterocycles. The highest BCUT2D eigenvalue weighted by Gasteiger charge is 2.47. The van der Waals surface area contributed by atoms with Crippen LogP contribution < -0.4 is 10.2 Å². The number of hydrogen-bond donors (Lipinski definition) is 2. The molecule has 1 amide bonds. The standard InChI is InChI=1S/C20H23FN2O2.ClH/c1-20(2)15-9-4-5-10-16(15)23(19(20)25)18(17(24)12-22-3)13-7-6-8-14(21)11-13;/h4-11,17-18,22,24H,12H2,1-3H3;1H/t17-,18-;/m0./s1. The lowest BCUT2D eigenvalue weighted by molar-refractivity contribution is -0.123. The predicted octanol–water partition coefficient (Wildman–Crippen LogP) is 3.19. The van der Waals surface area contributed by atoms with Crippen molar-refractivity contribution in [2.75, 3.05) is 18.5 Å². The van der Waals surface area contributed by atoms with Gasteiger partial charge in [0.1, 0.15) is 5.82 Å². The van der Waals surface area contributed by atoms with Crippen molar-refractivity contribution >= 4 is 24.0 Å². The predicted molar refractivity (Wildman–Crippen MR) is 103 cm³/mol. The molecule has 0 spiro atoms. The van der Waals surface area contributed by atoms with Crippen molar-refractivity contribution in [2.24, 2.45) is 0 Å². The van der Waals surface area contributed by atoms with Crippen LogP contribution in [0.5, 0.6) is 0 Å². The van der Waals surface area contributed by atoms with Crippen LogP contribution in [0.3, 0.4) is 0 Å². The first-order chi connectivity index (χ1) is 11.9. The molecule has 1 heterocycles. The molecule has 0 radical (unpaired) electrons. The van der Waals surface area contributed by atoms with Gasteiger partial charge in [-0.25, -0.2) is 4.39 Å².